The molecule has 0 heterocycles. The molecule has 7 heteroatoms. The quantitative estimate of drug-likeness (QED) is 0.604. The summed E-state index contributed by atoms with van der Waals surface area (Å²) < 4.78 is 0. The lowest BCUT2D eigenvalue weighted by atomic mass is 10.0. The summed E-state index contributed by atoms with van der Waals surface area (Å²) in [6.45, 7) is 3.40. The minimum atomic E-state index is -1.09. The summed E-state index contributed by atoms with van der Waals surface area (Å²) >= 11 is 0. The van der Waals surface area contributed by atoms with E-state index in [-0.39, 0.29) is 18.0 Å². The van der Waals surface area contributed by atoms with Gasteiger partial charge in [0.05, 0.1) is 11.3 Å². The average Bonchev–Trinajstić information content (AvgIpc) is 2.35. The van der Waals surface area contributed by atoms with Crippen LogP contribution in [0.5, 0.6) is 0 Å². The first-order chi connectivity index (χ1) is 9.31. The van der Waals surface area contributed by atoms with Gasteiger partial charge in [-0.25, -0.2) is 4.79 Å². The summed E-state index contributed by atoms with van der Waals surface area (Å²) in [6, 6.07) is 4.62. The number of nitrogens with zero attached hydrogens (tertiary/aromatic N) is 1. The van der Waals surface area contributed by atoms with Crippen LogP contribution >= 0.6 is 0 Å². The fourth-order valence-corrected chi connectivity index (χ4v) is 1.66. The Labute approximate surface area is 115 Å². The van der Waals surface area contributed by atoms with Crippen LogP contribution in [0.15, 0.2) is 24.3 Å². The number of hydrogen-bond acceptors (Lipinski definition) is 4. The number of hydrogen-bond donors (Lipinski definition) is 2. The number of nitro benzene ring substituents is 1. The van der Waals surface area contributed by atoms with Gasteiger partial charge >= 0.3 is 5.97 Å². The minimum absolute atomic E-state index is 0.0194. The smallest absolute Gasteiger partial charge is 0.326 e. The normalized spacial score (nSPS) is 11.9. The van der Waals surface area contributed by atoms with Crippen LogP contribution in [0.2, 0.25) is 0 Å². The first kappa shape index (κ1) is 15.6. The molecule has 0 aromatic heterocycles. The zero-order valence-corrected chi connectivity index (χ0v) is 11.2. The van der Waals surface area contributed by atoms with Crippen molar-refractivity contribution in [3.05, 3.63) is 39.9 Å². The molecule has 0 aliphatic rings. The van der Waals surface area contributed by atoms with Crippen molar-refractivity contribution in [2.24, 2.45) is 5.92 Å². The van der Waals surface area contributed by atoms with Crippen LogP contribution in [0.3, 0.4) is 0 Å². The standard InChI is InChI=1S/C13H16N2O5/c1-8(2)12(13(17)18)14-11(16)7-9-3-5-10(6-4-9)15(19)20/h3-6,8,12H,7H2,1-2H3,(H,14,16)(H,17,18). The zero-order chi connectivity index (χ0) is 15.3. The number of nitrogens with one attached hydrogen (secondary N) is 1. The molecule has 0 saturated carbocycles. The summed E-state index contributed by atoms with van der Waals surface area (Å²) in [5, 5.41) is 21.9. The van der Waals surface area contributed by atoms with Gasteiger partial charge in [0.25, 0.3) is 5.69 Å². The molecule has 0 aliphatic heterocycles. The first-order valence-electron chi connectivity index (χ1n) is 6.06. The molecule has 1 rings (SSSR count). The van der Waals surface area contributed by atoms with Crippen LogP contribution in [-0.4, -0.2) is 27.9 Å². The van der Waals surface area contributed by atoms with Crippen molar-refractivity contribution in [3.8, 4) is 0 Å². The van der Waals surface area contributed by atoms with Crippen molar-refractivity contribution >= 4 is 17.6 Å². The largest absolute Gasteiger partial charge is 0.480 e. The molecule has 7 nitrogen and oxygen atoms in total. The van der Waals surface area contributed by atoms with Crippen LogP contribution in [0.1, 0.15) is 19.4 Å². The lowest BCUT2D eigenvalue weighted by molar-refractivity contribution is -0.384. The van der Waals surface area contributed by atoms with Crippen molar-refractivity contribution in [3.63, 3.8) is 0 Å². The maximum atomic E-state index is 11.7. The highest BCUT2D eigenvalue weighted by molar-refractivity contribution is 5.85. The van der Waals surface area contributed by atoms with Crippen molar-refractivity contribution in [1.82, 2.24) is 5.32 Å². The molecule has 0 aliphatic carbocycles. The van der Waals surface area contributed by atoms with Crippen molar-refractivity contribution in [1.29, 1.82) is 0 Å². The van der Waals surface area contributed by atoms with Crippen LogP contribution in [0, 0.1) is 16.0 Å². The molecule has 2 N–H and O–H groups in total. The molecule has 0 spiro atoms. The number of non-ortho nitro benzene ring substituents is 1. The third-order valence-electron chi connectivity index (χ3n) is 2.76. The highest BCUT2D eigenvalue weighted by Gasteiger charge is 2.23. The Balaban J connectivity index is 2.66. The summed E-state index contributed by atoms with van der Waals surface area (Å²) in [7, 11) is 0. The number of rotatable bonds is 6. The number of carbonyl (C=O) groups excluding carboxylic acids is 1. The van der Waals surface area contributed by atoms with E-state index >= 15 is 0 Å². The maximum absolute atomic E-state index is 11.7. The van der Waals surface area contributed by atoms with Gasteiger partial charge in [-0.3, -0.25) is 14.9 Å². The van der Waals surface area contributed by atoms with E-state index in [1.54, 1.807) is 13.8 Å². The number of nitro groups is 1. The fourth-order valence-electron chi connectivity index (χ4n) is 1.66. The van der Waals surface area contributed by atoms with Crippen molar-refractivity contribution in [2.45, 2.75) is 26.3 Å². The number of benzene rings is 1. The van der Waals surface area contributed by atoms with E-state index in [9.17, 15) is 19.7 Å². The first-order valence-corrected chi connectivity index (χ1v) is 6.06. The second kappa shape index (κ2) is 6.65. The van der Waals surface area contributed by atoms with Gasteiger partial charge in [-0.05, 0) is 11.5 Å². The van der Waals surface area contributed by atoms with Gasteiger partial charge in [0.15, 0.2) is 0 Å². The van der Waals surface area contributed by atoms with Crippen LogP contribution in [-0.2, 0) is 16.0 Å². The Morgan fingerprint density at radius 3 is 2.25 bits per heavy atom. The molecule has 20 heavy (non-hydrogen) atoms. The Morgan fingerprint density at radius 1 is 1.30 bits per heavy atom. The molecule has 1 amide bonds. The zero-order valence-electron chi connectivity index (χ0n) is 11.2. The molecule has 108 valence electrons. The monoisotopic (exact) mass is 280 g/mol. The van der Waals surface area contributed by atoms with E-state index in [1.807, 2.05) is 0 Å². The molecule has 0 fully saturated rings. The minimum Gasteiger partial charge on any atom is -0.480 e. The Kier molecular flexibility index (Phi) is 5.19. The van der Waals surface area contributed by atoms with E-state index in [1.165, 1.54) is 24.3 Å². The molecule has 1 unspecified atom stereocenters. The predicted octanol–water partition coefficient (Wildman–Crippen LogP) is 1.36. The highest BCUT2D eigenvalue weighted by Crippen LogP contribution is 2.12. The van der Waals surface area contributed by atoms with Crippen LogP contribution in [0.4, 0.5) is 5.69 Å². The average molecular weight is 280 g/mol. The van der Waals surface area contributed by atoms with E-state index in [4.69, 9.17) is 5.11 Å². The van der Waals surface area contributed by atoms with E-state index in [0.29, 0.717) is 5.56 Å². The lowest BCUT2D eigenvalue weighted by Crippen LogP contribution is -2.44. The Morgan fingerprint density at radius 2 is 1.85 bits per heavy atom. The Hall–Kier alpha value is -2.44. The third-order valence-corrected chi connectivity index (χ3v) is 2.76. The maximum Gasteiger partial charge on any atom is 0.326 e. The van der Waals surface area contributed by atoms with Gasteiger partial charge in [0, 0.05) is 12.1 Å². The molecule has 1 atom stereocenters. The topological polar surface area (TPSA) is 110 Å². The molecule has 0 saturated heterocycles. The number of carboxylic acids is 1. The van der Waals surface area contributed by atoms with Gasteiger partial charge in [-0.2, -0.15) is 0 Å². The van der Waals surface area contributed by atoms with Gasteiger partial charge in [0.2, 0.25) is 5.91 Å². The molecule has 0 bridgehead atoms. The van der Waals surface area contributed by atoms with E-state index in [0.717, 1.165) is 0 Å². The van der Waals surface area contributed by atoms with E-state index < -0.39 is 22.8 Å². The predicted molar refractivity (Wildman–Crippen MR) is 71.2 cm³/mol. The highest BCUT2D eigenvalue weighted by atomic mass is 16.6. The lowest BCUT2D eigenvalue weighted by Gasteiger charge is -2.17. The van der Waals surface area contributed by atoms with Gasteiger partial charge < -0.3 is 10.4 Å². The molecule has 1 aromatic carbocycles. The summed E-state index contributed by atoms with van der Waals surface area (Å²) in [6.07, 6.45) is -0.0194. The van der Waals surface area contributed by atoms with Crippen molar-refractivity contribution < 1.29 is 19.6 Å². The van der Waals surface area contributed by atoms with Gasteiger partial charge in [-0.1, -0.05) is 26.0 Å². The molecular weight excluding hydrogens is 264 g/mol. The second-order valence-corrected chi connectivity index (χ2v) is 4.73. The Bertz CT molecular complexity index is 510. The van der Waals surface area contributed by atoms with Crippen LogP contribution < -0.4 is 5.32 Å². The number of amides is 1. The second-order valence-electron chi connectivity index (χ2n) is 4.73. The molecular formula is C13H16N2O5. The van der Waals surface area contributed by atoms with Gasteiger partial charge in [0.1, 0.15) is 6.04 Å². The fraction of sp³-hybridized carbons (Fsp3) is 0.385. The summed E-state index contributed by atoms with van der Waals surface area (Å²) in [5.74, 6) is -1.75. The summed E-state index contributed by atoms with van der Waals surface area (Å²) in [5.41, 5.74) is 0.528. The van der Waals surface area contributed by atoms with Crippen molar-refractivity contribution in [2.75, 3.05) is 0 Å². The molecule has 1 aromatic rings. The number of aliphatic carboxylic acids is 1. The third kappa shape index (κ3) is 4.34. The number of carbonyl (C=O) groups is 2. The van der Waals surface area contributed by atoms with E-state index in [2.05, 4.69) is 5.32 Å². The van der Waals surface area contributed by atoms with Gasteiger partial charge in [-0.15, -0.1) is 0 Å². The summed E-state index contributed by atoms with van der Waals surface area (Å²) in [4.78, 5) is 32.7. The molecule has 0 radical (unpaired) electrons. The van der Waals surface area contributed by atoms with Crippen LogP contribution in [0.25, 0.3) is 0 Å². The number of carboxylic acid groups (broad SMARTS) is 1. The SMILES string of the molecule is CC(C)C(NC(=O)Cc1ccc([N+](=O)[O-])cc1)C(=O)O.